The van der Waals surface area contributed by atoms with Gasteiger partial charge in [-0.1, -0.05) is 12.8 Å². The van der Waals surface area contributed by atoms with E-state index in [2.05, 4.69) is 61.2 Å². The highest BCUT2D eigenvalue weighted by molar-refractivity contribution is 9.11. The zero-order valence-electron chi connectivity index (χ0n) is 10.8. The van der Waals surface area contributed by atoms with Crippen LogP contribution < -0.4 is 5.32 Å². The van der Waals surface area contributed by atoms with E-state index in [1.54, 1.807) is 0 Å². The van der Waals surface area contributed by atoms with Gasteiger partial charge in [0, 0.05) is 22.8 Å². The first-order chi connectivity index (χ1) is 8.53. The molecule has 0 unspecified atom stereocenters. The summed E-state index contributed by atoms with van der Waals surface area (Å²) in [4.78, 5) is 6.77. The van der Waals surface area contributed by atoms with Crippen LogP contribution in [0.25, 0.3) is 0 Å². The zero-order valence-corrected chi connectivity index (χ0v) is 14.0. The van der Waals surface area contributed by atoms with Gasteiger partial charge in [-0.15, -0.1) is 0 Å². The number of aromatic nitrogens is 1. The molecule has 1 aromatic rings. The Morgan fingerprint density at radius 1 is 1.33 bits per heavy atom. The predicted molar refractivity (Wildman–Crippen MR) is 83.0 cm³/mol. The summed E-state index contributed by atoms with van der Waals surface area (Å²) in [6.07, 6.45) is 7.01. The molecule has 1 heterocycles. The lowest BCUT2D eigenvalue weighted by atomic mass is 9.96. The molecule has 1 N–H and O–H groups in total. The number of rotatable bonds is 4. The van der Waals surface area contributed by atoms with Gasteiger partial charge in [-0.3, -0.25) is 0 Å². The topological polar surface area (TPSA) is 28.2 Å². The van der Waals surface area contributed by atoms with Crippen LogP contribution in [0.2, 0.25) is 0 Å². The Morgan fingerprint density at radius 3 is 2.56 bits per heavy atom. The molecular weight excluding hydrogens is 358 g/mol. The first kappa shape index (κ1) is 14.3. The van der Waals surface area contributed by atoms with Gasteiger partial charge in [0.05, 0.1) is 4.47 Å². The van der Waals surface area contributed by atoms with Gasteiger partial charge in [-0.05, 0) is 64.9 Å². The molecule has 1 aliphatic carbocycles. The summed E-state index contributed by atoms with van der Waals surface area (Å²) >= 11 is 6.96. The Labute approximate surface area is 126 Å². The monoisotopic (exact) mass is 375 g/mol. The molecule has 0 aromatic carbocycles. The SMILES string of the molecule is CN(C)C1(CNc2ncc(Br)cc2Br)CCCC1. The van der Waals surface area contributed by atoms with Gasteiger partial charge < -0.3 is 10.2 Å². The molecule has 0 spiro atoms. The number of hydrogen-bond acceptors (Lipinski definition) is 3. The molecule has 1 aliphatic rings. The van der Waals surface area contributed by atoms with E-state index in [0.29, 0.717) is 0 Å². The lowest BCUT2D eigenvalue weighted by Gasteiger charge is -2.36. The standard InChI is InChI=1S/C13H19Br2N3/c1-18(2)13(5-3-4-6-13)9-17-12-11(15)7-10(14)8-16-12/h7-8H,3-6,9H2,1-2H3,(H,16,17). The van der Waals surface area contributed by atoms with Crippen molar-refractivity contribution >= 4 is 37.7 Å². The van der Waals surface area contributed by atoms with Gasteiger partial charge in [0.15, 0.2) is 0 Å². The van der Waals surface area contributed by atoms with Crippen molar-refractivity contribution in [3.8, 4) is 0 Å². The van der Waals surface area contributed by atoms with E-state index in [9.17, 15) is 0 Å². The van der Waals surface area contributed by atoms with Crippen molar-refractivity contribution in [2.75, 3.05) is 26.0 Å². The van der Waals surface area contributed by atoms with E-state index >= 15 is 0 Å². The third-order valence-electron chi connectivity index (χ3n) is 3.88. The molecule has 1 aromatic heterocycles. The average Bonchev–Trinajstić information content (AvgIpc) is 2.78. The summed E-state index contributed by atoms with van der Waals surface area (Å²) in [5.41, 5.74) is 0.286. The van der Waals surface area contributed by atoms with Gasteiger partial charge in [-0.2, -0.15) is 0 Å². The maximum Gasteiger partial charge on any atom is 0.140 e. The maximum atomic E-state index is 4.41. The molecule has 5 heteroatoms. The van der Waals surface area contributed by atoms with Crippen LogP contribution in [-0.2, 0) is 0 Å². The smallest absolute Gasteiger partial charge is 0.140 e. The van der Waals surface area contributed by atoms with Crippen LogP contribution in [-0.4, -0.2) is 36.1 Å². The minimum absolute atomic E-state index is 0.286. The number of likely N-dealkylation sites (N-methyl/N-ethyl adjacent to an activating group) is 1. The van der Waals surface area contributed by atoms with Crippen LogP contribution >= 0.6 is 31.9 Å². The second-order valence-electron chi connectivity index (χ2n) is 5.16. The number of halogens is 2. The summed E-state index contributed by atoms with van der Waals surface area (Å²) in [7, 11) is 4.36. The normalized spacial score (nSPS) is 18.3. The fourth-order valence-corrected chi connectivity index (χ4v) is 3.74. The van der Waals surface area contributed by atoms with Crippen LogP contribution in [0.15, 0.2) is 21.2 Å². The number of anilines is 1. The molecule has 1 saturated carbocycles. The number of nitrogens with zero attached hydrogens (tertiary/aromatic N) is 2. The van der Waals surface area contributed by atoms with Gasteiger partial charge in [0.25, 0.3) is 0 Å². The molecule has 100 valence electrons. The van der Waals surface area contributed by atoms with Crippen LogP contribution in [0.5, 0.6) is 0 Å². The molecule has 2 rings (SSSR count). The van der Waals surface area contributed by atoms with E-state index in [1.807, 2.05) is 12.3 Å². The summed E-state index contributed by atoms with van der Waals surface area (Å²) in [6, 6.07) is 2.02. The van der Waals surface area contributed by atoms with E-state index in [0.717, 1.165) is 21.3 Å². The van der Waals surface area contributed by atoms with Gasteiger partial charge in [0.1, 0.15) is 5.82 Å². The Kier molecular flexibility index (Phi) is 4.67. The third-order valence-corrected chi connectivity index (χ3v) is 4.91. The number of hydrogen-bond donors (Lipinski definition) is 1. The van der Waals surface area contributed by atoms with Crippen molar-refractivity contribution in [2.45, 2.75) is 31.2 Å². The highest BCUT2D eigenvalue weighted by Gasteiger charge is 2.35. The highest BCUT2D eigenvalue weighted by atomic mass is 79.9. The van der Waals surface area contributed by atoms with Gasteiger partial charge in [0.2, 0.25) is 0 Å². The van der Waals surface area contributed by atoms with Crippen molar-refractivity contribution in [1.82, 2.24) is 9.88 Å². The zero-order chi connectivity index (χ0) is 13.2. The highest BCUT2D eigenvalue weighted by Crippen LogP contribution is 2.34. The Morgan fingerprint density at radius 2 is 2.00 bits per heavy atom. The summed E-state index contributed by atoms with van der Waals surface area (Å²) in [6.45, 7) is 0.952. The van der Waals surface area contributed by atoms with Gasteiger partial charge in [-0.25, -0.2) is 4.98 Å². The van der Waals surface area contributed by atoms with Crippen LogP contribution in [0.3, 0.4) is 0 Å². The fourth-order valence-electron chi connectivity index (χ4n) is 2.61. The molecule has 18 heavy (non-hydrogen) atoms. The molecule has 0 amide bonds. The molecule has 0 bridgehead atoms. The van der Waals surface area contributed by atoms with Crippen LogP contribution in [0.4, 0.5) is 5.82 Å². The van der Waals surface area contributed by atoms with Crippen molar-refractivity contribution in [1.29, 1.82) is 0 Å². The average molecular weight is 377 g/mol. The fraction of sp³-hybridized carbons (Fsp3) is 0.615. The molecule has 0 saturated heterocycles. The first-order valence-electron chi connectivity index (χ1n) is 6.26. The molecule has 3 nitrogen and oxygen atoms in total. The Balaban J connectivity index is 2.06. The Bertz CT molecular complexity index is 415. The predicted octanol–water partition coefficient (Wildman–Crippen LogP) is 3.89. The van der Waals surface area contributed by atoms with E-state index in [1.165, 1.54) is 25.7 Å². The molecular formula is C13H19Br2N3. The van der Waals surface area contributed by atoms with Crippen molar-refractivity contribution < 1.29 is 0 Å². The van der Waals surface area contributed by atoms with Crippen molar-refractivity contribution in [3.05, 3.63) is 21.2 Å². The van der Waals surface area contributed by atoms with Crippen LogP contribution in [0, 0.1) is 0 Å². The minimum Gasteiger partial charge on any atom is -0.367 e. The van der Waals surface area contributed by atoms with E-state index in [4.69, 9.17) is 0 Å². The summed E-state index contributed by atoms with van der Waals surface area (Å²) in [5, 5.41) is 3.48. The van der Waals surface area contributed by atoms with Crippen LogP contribution in [0.1, 0.15) is 25.7 Å². The molecule has 1 fully saturated rings. The maximum absolute atomic E-state index is 4.41. The van der Waals surface area contributed by atoms with Gasteiger partial charge >= 0.3 is 0 Å². The first-order valence-corrected chi connectivity index (χ1v) is 7.84. The Hall–Kier alpha value is -0.130. The number of pyridine rings is 1. The molecule has 0 radical (unpaired) electrons. The third kappa shape index (κ3) is 3.06. The van der Waals surface area contributed by atoms with E-state index < -0.39 is 0 Å². The number of nitrogens with one attached hydrogen (secondary N) is 1. The lowest BCUT2D eigenvalue weighted by Crippen LogP contribution is -2.47. The van der Waals surface area contributed by atoms with E-state index in [-0.39, 0.29) is 5.54 Å². The minimum atomic E-state index is 0.286. The summed E-state index contributed by atoms with van der Waals surface area (Å²) < 4.78 is 1.99. The molecule has 0 atom stereocenters. The van der Waals surface area contributed by atoms with Crippen molar-refractivity contribution in [3.63, 3.8) is 0 Å². The lowest BCUT2D eigenvalue weighted by molar-refractivity contribution is 0.172. The quantitative estimate of drug-likeness (QED) is 0.863. The molecule has 0 aliphatic heterocycles. The second-order valence-corrected chi connectivity index (χ2v) is 6.93. The largest absolute Gasteiger partial charge is 0.367 e. The van der Waals surface area contributed by atoms with Crippen molar-refractivity contribution in [2.24, 2.45) is 0 Å². The second kappa shape index (κ2) is 5.88. The summed E-state index contributed by atoms with van der Waals surface area (Å²) in [5.74, 6) is 0.923.